The van der Waals surface area contributed by atoms with Gasteiger partial charge in [0.15, 0.2) is 0 Å². The number of anilines is 2. The van der Waals surface area contributed by atoms with Crippen molar-refractivity contribution in [3.8, 4) is 12.1 Å². The third-order valence-corrected chi connectivity index (χ3v) is 8.20. The van der Waals surface area contributed by atoms with Crippen molar-refractivity contribution in [3.05, 3.63) is 57.6 Å². The van der Waals surface area contributed by atoms with Gasteiger partial charge in [-0.05, 0) is 83.4 Å². The van der Waals surface area contributed by atoms with Gasteiger partial charge in [-0.25, -0.2) is 19.4 Å². The number of hydrogen-bond donors (Lipinski definition) is 0. The molecule has 10 nitrogen and oxygen atoms in total. The van der Waals surface area contributed by atoms with Gasteiger partial charge in [-0.1, -0.05) is 23.2 Å². The number of carbonyl (C=O) groups excluding carboxylic acids is 4. The second-order valence-corrected chi connectivity index (χ2v) is 11.7. The number of halogens is 2. The zero-order chi connectivity index (χ0) is 30.3. The second kappa shape index (κ2) is 11.0. The number of benzene rings is 2. The van der Waals surface area contributed by atoms with Crippen LogP contribution in [0.1, 0.15) is 58.1 Å². The number of imide groups is 2. The first-order valence-corrected chi connectivity index (χ1v) is 13.7. The van der Waals surface area contributed by atoms with Crippen molar-refractivity contribution < 1.29 is 19.2 Å². The van der Waals surface area contributed by atoms with E-state index in [-0.39, 0.29) is 21.2 Å². The van der Waals surface area contributed by atoms with Gasteiger partial charge in [0.1, 0.15) is 23.2 Å². The quantitative estimate of drug-likeness (QED) is 0.284. The number of urea groups is 2. The summed E-state index contributed by atoms with van der Waals surface area (Å²) >= 11 is 12.3. The molecule has 0 spiro atoms. The lowest BCUT2D eigenvalue weighted by Crippen LogP contribution is -2.45. The van der Waals surface area contributed by atoms with E-state index in [9.17, 15) is 19.2 Å². The average molecular weight is 595 g/mol. The number of hydrogen-bond acceptors (Lipinski definition) is 6. The fourth-order valence-corrected chi connectivity index (χ4v) is 5.50. The van der Waals surface area contributed by atoms with E-state index in [0.717, 1.165) is 9.80 Å². The lowest BCUT2D eigenvalue weighted by atomic mass is 10.0. The minimum atomic E-state index is -1.08. The summed E-state index contributed by atoms with van der Waals surface area (Å²) in [7, 11) is 0. The van der Waals surface area contributed by atoms with Crippen molar-refractivity contribution in [3.63, 3.8) is 0 Å². The van der Waals surface area contributed by atoms with Crippen LogP contribution >= 0.6 is 23.2 Å². The molecule has 0 radical (unpaired) electrons. The molecule has 2 aliphatic rings. The fourth-order valence-electron chi connectivity index (χ4n) is 5.06. The third-order valence-electron chi connectivity index (χ3n) is 7.57. The summed E-state index contributed by atoms with van der Waals surface area (Å²) in [6, 6.07) is 11.8. The molecule has 2 fully saturated rings. The first kappa shape index (κ1) is 29.9. The summed E-state index contributed by atoms with van der Waals surface area (Å²) < 4.78 is 0. The fraction of sp³-hybridized carbons (Fsp3) is 0.379. The number of unbranched alkanes of at least 4 members (excludes halogenated alkanes) is 2. The lowest BCUT2D eigenvalue weighted by molar-refractivity contribution is -0.124. The van der Waals surface area contributed by atoms with Crippen LogP contribution in [0.25, 0.3) is 0 Å². The van der Waals surface area contributed by atoms with E-state index in [2.05, 4.69) is 0 Å². The molecule has 6 amide bonds. The topological polar surface area (TPSA) is 129 Å². The number of nitrogens with zero attached hydrogens (tertiary/aromatic N) is 6. The summed E-state index contributed by atoms with van der Waals surface area (Å²) in [5, 5.41) is 18.5. The van der Waals surface area contributed by atoms with Crippen LogP contribution in [-0.4, -0.2) is 57.8 Å². The van der Waals surface area contributed by atoms with E-state index in [4.69, 9.17) is 33.7 Å². The predicted molar refractivity (Wildman–Crippen MR) is 154 cm³/mol. The minimum Gasteiger partial charge on any atom is -0.310 e. The molecule has 2 saturated heterocycles. The first-order valence-electron chi connectivity index (χ1n) is 13.0. The van der Waals surface area contributed by atoms with Crippen molar-refractivity contribution in [2.45, 2.75) is 58.0 Å². The Balaban J connectivity index is 1.38. The van der Waals surface area contributed by atoms with Crippen molar-refractivity contribution in [2.24, 2.45) is 0 Å². The van der Waals surface area contributed by atoms with Crippen molar-refractivity contribution in [2.75, 3.05) is 22.9 Å². The maximum absolute atomic E-state index is 13.3. The molecule has 2 heterocycles. The molecular formula is C29H28Cl2N6O4. The molecule has 0 N–H and O–H groups in total. The molecule has 0 saturated carbocycles. The van der Waals surface area contributed by atoms with E-state index < -0.39 is 35.0 Å². The minimum absolute atomic E-state index is 0.153. The van der Waals surface area contributed by atoms with E-state index in [1.807, 2.05) is 12.1 Å². The molecule has 212 valence electrons. The molecule has 12 heteroatoms. The van der Waals surface area contributed by atoms with Crippen molar-refractivity contribution in [1.82, 2.24) is 9.80 Å². The van der Waals surface area contributed by atoms with Crippen LogP contribution in [0.15, 0.2) is 36.4 Å². The van der Waals surface area contributed by atoms with Crippen molar-refractivity contribution in [1.29, 1.82) is 10.5 Å². The second-order valence-electron chi connectivity index (χ2n) is 10.9. The van der Waals surface area contributed by atoms with Gasteiger partial charge in [0, 0.05) is 13.1 Å². The van der Waals surface area contributed by atoms with Gasteiger partial charge in [-0.2, -0.15) is 10.5 Å². The largest absolute Gasteiger partial charge is 0.332 e. The van der Waals surface area contributed by atoms with Gasteiger partial charge in [0.05, 0.1) is 32.5 Å². The number of rotatable bonds is 8. The Hall–Kier alpha value is -4.12. The molecule has 0 unspecified atom stereocenters. The van der Waals surface area contributed by atoms with E-state index >= 15 is 0 Å². The van der Waals surface area contributed by atoms with Crippen LogP contribution in [0.3, 0.4) is 0 Å². The monoisotopic (exact) mass is 594 g/mol. The molecule has 41 heavy (non-hydrogen) atoms. The van der Waals surface area contributed by atoms with Gasteiger partial charge in [-0.3, -0.25) is 9.59 Å². The average Bonchev–Trinajstić information content (AvgIpc) is 3.19. The molecular weight excluding hydrogens is 567 g/mol. The summed E-state index contributed by atoms with van der Waals surface area (Å²) in [6.07, 6.45) is 1.76. The van der Waals surface area contributed by atoms with Crippen LogP contribution < -0.4 is 9.80 Å². The van der Waals surface area contributed by atoms with Gasteiger partial charge in [-0.15, -0.1) is 0 Å². The van der Waals surface area contributed by atoms with Crippen LogP contribution in [0.4, 0.5) is 21.0 Å². The van der Waals surface area contributed by atoms with Gasteiger partial charge < -0.3 is 9.80 Å². The van der Waals surface area contributed by atoms with Crippen LogP contribution in [0.5, 0.6) is 0 Å². The number of carbonyl (C=O) groups is 4. The lowest BCUT2D eigenvalue weighted by Gasteiger charge is -2.29. The zero-order valence-corrected chi connectivity index (χ0v) is 24.6. The predicted octanol–water partition coefficient (Wildman–Crippen LogP) is 5.70. The van der Waals surface area contributed by atoms with Gasteiger partial charge >= 0.3 is 12.1 Å². The smallest absolute Gasteiger partial charge is 0.310 e. The van der Waals surface area contributed by atoms with Gasteiger partial charge in [0.25, 0.3) is 11.8 Å². The van der Waals surface area contributed by atoms with E-state index in [0.29, 0.717) is 43.7 Å². The molecule has 2 aromatic rings. The summed E-state index contributed by atoms with van der Waals surface area (Å²) in [5.41, 5.74) is -1.08. The summed E-state index contributed by atoms with van der Waals surface area (Å²) in [4.78, 5) is 58.0. The highest BCUT2D eigenvalue weighted by molar-refractivity contribution is 6.33. The summed E-state index contributed by atoms with van der Waals surface area (Å²) in [5.74, 6) is -0.789. The van der Waals surface area contributed by atoms with Gasteiger partial charge in [0.2, 0.25) is 0 Å². The highest BCUT2D eigenvalue weighted by Crippen LogP contribution is 2.36. The maximum Gasteiger partial charge on any atom is 0.332 e. The summed E-state index contributed by atoms with van der Waals surface area (Å²) in [6.45, 7) is 7.34. The Morgan fingerprint density at radius 2 is 1.02 bits per heavy atom. The molecule has 2 aromatic carbocycles. The molecule has 0 aromatic heterocycles. The Morgan fingerprint density at radius 1 is 0.659 bits per heavy atom. The molecule has 0 bridgehead atoms. The Kier molecular flexibility index (Phi) is 8.04. The SMILES string of the molecule is CC1(C)C(=O)N(c2ccc(C#N)c(Cl)c2)C(=O)N1CCCCCN1C(=O)N(c2ccc(C#N)c(Cl)c2)C(=O)C1(C)C. The van der Waals surface area contributed by atoms with E-state index in [1.54, 1.807) is 27.7 Å². The molecule has 0 atom stereocenters. The molecule has 2 aliphatic heterocycles. The standard InChI is InChI=1S/C29H28Cl2N6O4/c1-28(2)24(38)36(20-10-8-18(16-32)22(30)14-20)26(40)34(28)12-6-5-7-13-35-27(41)37(25(39)29(35,3)4)21-11-9-19(17-33)23(31)15-21/h8-11,14-15H,5-7,12-13H2,1-4H3. The van der Waals surface area contributed by atoms with Crippen LogP contribution in [-0.2, 0) is 9.59 Å². The van der Waals surface area contributed by atoms with Crippen LogP contribution in [0.2, 0.25) is 10.0 Å². The molecule has 0 aliphatic carbocycles. The Morgan fingerprint density at radius 3 is 1.34 bits per heavy atom. The first-order chi connectivity index (χ1) is 19.3. The van der Waals surface area contributed by atoms with Crippen LogP contribution in [0, 0.1) is 22.7 Å². The highest BCUT2D eigenvalue weighted by Gasteiger charge is 2.52. The zero-order valence-electron chi connectivity index (χ0n) is 23.1. The van der Waals surface area contributed by atoms with E-state index in [1.165, 1.54) is 46.2 Å². The number of amides is 6. The molecule has 4 rings (SSSR count). The normalized spacial score (nSPS) is 17.9. The third kappa shape index (κ3) is 5.10. The highest BCUT2D eigenvalue weighted by atomic mass is 35.5. The Labute approximate surface area is 248 Å². The number of nitriles is 2. The maximum atomic E-state index is 13.3. The van der Waals surface area contributed by atoms with Crippen molar-refractivity contribution >= 4 is 58.5 Å². The Bertz CT molecular complexity index is 1430.